The van der Waals surface area contributed by atoms with Crippen molar-refractivity contribution in [3.63, 3.8) is 0 Å². The molecule has 11 aromatic rings. The number of hydrogen-bond acceptors (Lipinski definition) is 5. The van der Waals surface area contributed by atoms with Crippen LogP contribution in [0, 0.1) is 0 Å². The van der Waals surface area contributed by atoms with Crippen molar-refractivity contribution in [3.05, 3.63) is 164 Å². The number of para-hydroxylation sites is 1. The van der Waals surface area contributed by atoms with Crippen LogP contribution in [0.5, 0.6) is 0 Å². The first-order valence-corrected chi connectivity index (χ1v) is 18.2. The van der Waals surface area contributed by atoms with Gasteiger partial charge < -0.3 is 4.42 Å². The van der Waals surface area contributed by atoms with Crippen LogP contribution in [0.4, 0.5) is 0 Å². The summed E-state index contributed by atoms with van der Waals surface area (Å²) in [6.45, 7) is 0. The van der Waals surface area contributed by atoms with Gasteiger partial charge in [-0.15, -0.1) is 11.3 Å². The van der Waals surface area contributed by atoms with E-state index in [1.54, 1.807) is 11.3 Å². The fourth-order valence-electron chi connectivity index (χ4n) is 7.55. The van der Waals surface area contributed by atoms with Crippen molar-refractivity contribution in [2.75, 3.05) is 0 Å². The predicted octanol–water partition coefficient (Wildman–Crippen LogP) is 13.1. The lowest BCUT2D eigenvalue weighted by Crippen LogP contribution is -1.93. The number of aromatic nitrogens is 3. The molecule has 0 aliphatic carbocycles. The van der Waals surface area contributed by atoms with E-state index < -0.39 is 0 Å². The molecule has 0 spiro atoms. The molecule has 0 saturated carbocycles. The zero-order chi connectivity index (χ0) is 34.2. The minimum atomic E-state index is 0.737. The number of fused-ring (bicyclic) bond motifs is 10. The fraction of sp³-hybridized carbons (Fsp3) is 0. The molecule has 0 bridgehead atoms. The highest BCUT2D eigenvalue weighted by molar-refractivity contribution is 7.26. The monoisotopic (exact) mass is 681 g/mol. The van der Waals surface area contributed by atoms with Gasteiger partial charge in [0.1, 0.15) is 11.2 Å². The highest BCUT2D eigenvalue weighted by Crippen LogP contribution is 2.42. The first kappa shape index (κ1) is 29.1. The molecule has 0 saturated heterocycles. The van der Waals surface area contributed by atoms with Crippen molar-refractivity contribution >= 4 is 75.3 Å². The van der Waals surface area contributed by atoms with Crippen LogP contribution in [0.15, 0.2) is 168 Å². The summed E-state index contributed by atoms with van der Waals surface area (Å²) in [6.07, 6.45) is 0. The van der Waals surface area contributed by atoms with Gasteiger partial charge in [-0.05, 0) is 34.7 Å². The summed E-state index contributed by atoms with van der Waals surface area (Å²) in [6, 6.07) is 57.2. The van der Waals surface area contributed by atoms with E-state index in [9.17, 15) is 0 Å². The highest BCUT2D eigenvalue weighted by Gasteiger charge is 2.20. The molecule has 242 valence electrons. The highest BCUT2D eigenvalue weighted by atomic mass is 32.1. The normalized spacial score (nSPS) is 11.8. The van der Waals surface area contributed by atoms with Crippen LogP contribution in [0.3, 0.4) is 0 Å². The Bertz CT molecular complexity index is 3160. The van der Waals surface area contributed by atoms with Crippen molar-refractivity contribution in [2.24, 2.45) is 0 Å². The lowest BCUT2D eigenvalue weighted by Gasteiger charge is -2.10. The predicted molar refractivity (Wildman–Crippen MR) is 217 cm³/mol. The van der Waals surface area contributed by atoms with Gasteiger partial charge in [-0.3, -0.25) is 0 Å². The Balaban J connectivity index is 1.02. The third-order valence-corrected chi connectivity index (χ3v) is 11.3. The molecule has 4 heterocycles. The van der Waals surface area contributed by atoms with Gasteiger partial charge in [0, 0.05) is 42.9 Å². The summed E-state index contributed by atoms with van der Waals surface area (Å²) in [5, 5.41) is 6.58. The first-order valence-electron chi connectivity index (χ1n) is 17.4. The van der Waals surface area contributed by atoms with E-state index in [0.29, 0.717) is 0 Å². The Kier molecular flexibility index (Phi) is 6.39. The van der Waals surface area contributed by atoms with Gasteiger partial charge in [-0.1, -0.05) is 146 Å². The zero-order valence-electron chi connectivity index (χ0n) is 27.7. The van der Waals surface area contributed by atoms with E-state index in [4.69, 9.17) is 19.4 Å². The topological polar surface area (TPSA) is 51.8 Å². The van der Waals surface area contributed by atoms with E-state index >= 15 is 0 Å². The van der Waals surface area contributed by atoms with Crippen molar-refractivity contribution < 1.29 is 4.42 Å². The maximum Gasteiger partial charge on any atom is 0.160 e. The molecule has 0 amide bonds. The summed E-state index contributed by atoms with van der Waals surface area (Å²) >= 11 is 1.75. The zero-order valence-corrected chi connectivity index (χ0v) is 28.6. The number of rotatable bonds is 4. The van der Waals surface area contributed by atoms with Gasteiger partial charge >= 0.3 is 0 Å². The van der Waals surface area contributed by atoms with E-state index in [1.807, 2.05) is 30.3 Å². The second-order valence-electron chi connectivity index (χ2n) is 13.1. The average Bonchev–Trinajstić information content (AvgIpc) is 3.80. The van der Waals surface area contributed by atoms with Gasteiger partial charge in [0.2, 0.25) is 0 Å². The maximum atomic E-state index is 6.55. The molecule has 4 aromatic heterocycles. The molecule has 4 nitrogen and oxygen atoms in total. The molecule has 11 rings (SSSR count). The van der Waals surface area contributed by atoms with Crippen LogP contribution in [0.2, 0.25) is 0 Å². The minimum Gasteiger partial charge on any atom is -0.455 e. The molecular weight excluding hydrogens is 655 g/mol. The molecule has 0 atom stereocenters. The third-order valence-electron chi connectivity index (χ3n) is 10.1. The van der Waals surface area contributed by atoms with Gasteiger partial charge in [0.25, 0.3) is 0 Å². The molecule has 0 aliphatic heterocycles. The molecule has 0 unspecified atom stereocenters. The first-order chi connectivity index (χ1) is 25.8. The SMILES string of the molecule is c1ccc(-c2nc(-c3ccc(-c4ccc(-c5nc6c7ccccc7ccc6c6oc7ccccc7c56)cc4)cc3)c3sc4ccccc4c3n2)cc1. The van der Waals surface area contributed by atoms with Crippen LogP contribution < -0.4 is 0 Å². The molecule has 0 aliphatic rings. The quantitative estimate of drug-likeness (QED) is 0.174. The van der Waals surface area contributed by atoms with E-state index in [2.05, 4.69) is 133 Å². The Morgan fingerprint density at radius 2 is 1.04 bits per heavy atom. The maximum absolute atomic E-state index is 6.55. The minimum absolute atomic E-state index is 0.737. The fourth-order valence-corrected chi connectivity index (χ4v) is 8.70. The summed E-state index contributed by atoms with van der Waals surface area (Å²) in [5.41, 5.74) is 11.0. The summed E-state index contributed by atoms with van der Waals surface area (Å²) in [4.78, 5) is 15.6. The van der Waals surface area contributed by atoms with Crippen LogP contribution >= 0.6 is 11.3 Å². The molecule has 7 aromatic carbocycles. The average molecular weight is 682 g/mol. The van der Waals surface area contributed by atoms with Gasteiger partial charge in [-0.2, -0.15) is 0 Å². The van der Waals surface area contributed by atoms with Gasteiger partial charge in [-0.25, -0.2) is 15.0 Å². The van der Waals surface area contributed by atoms with Crippen molar-refractivity contribution in [2.45, 2.75) is 0 Å². The molecule has 5 heteroatoms. The van der Waals surface area contributed by atoms with E-state index in [0.717, 1.165) is 104 Å². The number of thiophene rings is 1. The Labute approximate surface area is 302 Å². The number of nitrogens with zero attached hydrogens (tertiary/aromatic N) is 3. The van der Waals surface area contributed by atoms with Gasteiger partial charge in [0.05, 0.1) is 32.5 Å². The van der Waals surface area contributed by atoms with Crippen molar-refractivity contribution in [1.29, 1.82) is 0 Å². The Hall–Kier alpha value is -6.69. The Morgan fingerprint density at radius 3 is 1.83 bits per heavy atom. The number of furan rings is 1. The van der Waals surface area contributed by atoms with Gasteiger partial charge in [0.15, 0.2) is 5.82 Å². The van der Waals surface area contributed by atoms with E-state index in [1.165, 1.54) is 4.70 Å². The van der Waals surface area contributed by atoms with Crippen LogP contribution in [0.1, 0.15) is 0 Å². The second kappa shape index (κ2) is 11.4. The van der Waals surface area contributed by atoms with Crippen LogP contribution in [-0.2, 0) is 0 Å². The lowest BCUT2D eigenvalue weighted by atomic mass is 9.97. The molecular formula is C47H27N3OS. The van der Waals surface area contributed by atoms with Crippen LogP contribution in [-0.4, -0.2) is 15.0 Å². The second-order valence-corrected chi connectivity index (χ2v) is 14.2. The van der Waals surface area contributed by atoms with Crippen LogP contribution in [0.25, 0.3) is 109 Å². The largest absolute Gasteiger partial charge is 0.455 e. The van der Waals surface area contributed by atoms with Crippen molar-refractivity contribution in [3.8, 4) is 45.0 Å². The molecule has 0 radical (unpaired) electrons. The number of pyridine rings is 1. The number of benzene rings is 7. The number of hydrogen-bond donors (Lipinski definition) is 0. The lowest BCUT2D eigenvalue weighted by molar-refractivity contribution is 0.672. The van der Waals surface area contributed by atoms with E-state index in [-0.39, 0.29) is 0 Å². The standard InChI is InChI=1S/C47H27N3OS/c1-2-11-33(12-3-1)47-49-42(46-44(50-47)36-15-7-9-17-39(36)52-46)32-24-20-29(21-25-32)28-18-22-31(23-19-28)41-40-35-14-6-8-16-38(35)51-45(40)37-27-26-30-10-4-5-13-34(30)43(37)48-41/h1-27H. The van der Waals surface area contributed by atoms with Crippen molar-refractivity contribution in [1.82, 2.24) is 15.0 Å². The molecule has 0 N–H and O–H groups in total. The smallest absolute Gasteiger partial charge is 0.160 e. The Morgan fingerprint density at radius 1 is 0.404 bits per heavy atom. The molecule has 0 fully saturated rings. The molecule has 52 heavy (non-hydrogen) atoms. The summed E-state index contributed by atoms with van der Waals surface area (Å²) in [5.74, 6) is 0.737. The summed E-state index contributed by atoms with van der Waals surface area (Å²) < 4.78 is 8.86. The summed E-state index contributed by atoms with van der Waals surface area (Å²) in [7, 11) is 0. The third kappa shape index (κ3) is 4.50.